The molecule has 0 atom stereocenters. The quantitative estimate of drug-likeness (QED) is 0.534. The van der Waals surface area contributed by atoms with E-state index in [-0.39, 0.29) is 11.8 Å². The average Bonchev–Trinajstić information content (AvgIpc) is 3.44. The maximum Gasteiger partial charge on any atom is 0.260 e. The third-order valence-electron chi connectivity index (χ3n) is 5.17. The fourth-order valence-electron chi connectivity index (χ4n) is 3.65. The molecule has 152 valence electrons. The lowest BCUT2D eigenvalue weighted by Crippen LogP contribution is -2.31. The van der Waals surface area contributed by atoms with Gasteiger partial charge >= 0.3 is 0 Å². The van der Waals surface area contributed by atoms with Crippen LogP contribution in [0.2, 0.25) is 0 Å². The lowest BCUT2D eigenvalue weighted by molar-refractivity contribution is -0.118. The molecule has 4 rings (SSSR count). The highest BCUT2D eigenvalue weighted by molar-refractivity contribution is 7.14. The molecule has 0 saturated carbocycles. The zero-order chi connectivity index (χ0) is 21.1. The SMILES string of the molecule is C=CCN(C(=O)c1ccc2c(c1)CCN2C(=O)CC)c1nc(-c2ccccc2)cs1. The minimum Gasteiger partial charge on any atom is -0.312 e. The number of thiazole rings is 1. The molecule has 1 aliphatic heterocycles. The molecular formula is C24H23N3O2S. The number of fused-ring (bicyclic) bond motifs is 1. The van der Waals surface area contributed by atoms with Crippen LogP contribution < -0.4 is 9.80 Å². The smallest absolute Gasteiger partial charge is 0.260 e. The zero-order valence-electron chi connectivity index (χ0n) is 16.9. The molecule has 2 aromatic carbocycles. The molecule has 2 heterocycles. The summed E-state index contributed by atoms with van der Waals surface area (Å²) in [7, 11) is 0. The number of hydrogen-bond acceptors (Lipinski definition) is 4. The predicted octanol–water partition coefficient (Wildman–Crippen LogP) is 4.94. The van der Waals surface area contributed by atoms with E-state index in [9.17, 15) is 9.59 Å². The first-order valence-electron chi connectivity index (χ1n) is 9.99. The van der Waals surface area contributed by atoms with Gasteiger partial charge in [0, 0.05) is 41.7 Å². The fourth-order valence-corrected chi connectivity index (χ4v) is 4.49. The monoisotopic (exact) mass is 417 g/mol. The first-order valence-corrected chi connectivity index (χ1v) is 10.9. The number of carbonyl (C=O) groups excluding carboxylic acids is 2. The van der Waals surface area contributed by atoms with E-state index in [1.165, 1.54) is 11.3 Å². The fraction of sp³-hybridized carbons (Fsp3) is 0.208. The Hall–Kier alpha value is -3.25. The van der Waals surface area contributed by atoms with Crippen LogP contribution in [0.1, 0.15) is 29.3 Å². The summed E-state index contributed by atoms with van der Waals surface area (Å²) in [6.45, 7) is 6.71. The maximum atomic E-state index is 13.3. The van der Waals surface area contributed by atoms with Gasteiger partial charge in [-0.15, -0.1) is 17.9 Å². The molecule has 3 aromatic rings. The van der Waals surface area contributed by atoms with E-state index in [0.717, 1.165) is 28.9 Å². The van der Waals surface area contributed by atoms with Crippen molar-refractivity contribution in [2.24, 2.45) is 0 Å². The number of anilines is 2. The number of hydrogen-bond donors (Lipinski definition) is 0. The summed E-state index contributed by atoms with van der Waals surface area (Å²) >= 11 is 1.44. The molecule has 5 nitrogen and oxygen atoms in total. The Labute approximate surface area is 180 Å². The lowest BCUT2D eigenvalue weighted by Gasteiger charge is -2.19. The predicted molar refractivity (Wildman–Crippen MR) is 122 cm³/mol. The van der Waals surface area contributed by atoms with Gasteiger partial charge in [0.05, 0.1) is 5.69 Å². The molecule has 0 aliphatic carbocycles. The van der Waals surface area contributed by atoms with Crippen molar-refractivity contribution in [1.29, 1.82) is 0 Å². The van der Waals surface area contributed by atoms with Crippen molar-refractivity contribution in [3.8, 4) is 11.3 Å². The van der Waals surface area contributed by atoms with E-state index in [1.807, 2.05) is 54.8 Å². The molecule has 2 amide bonds. The topological polar surface area (TPSA) is 53.5 Å². The number of amides is 2. The summed E-state index contributed by atoms with van der Waals surface area (Å²) in [5.74, 6) is -0.00994. The van der Waals surface area contributed by atoms with E-state index in [0.29, 0.717) is 30.2 Å². The van der Waals surface area contributed by atoms with Crippen molar-refractivity contribution < 1.29 is 9.59 Å². The number of nitrogens with zero attached hydrogens (tertiary/aromatic N) is 3. The third kappa shape index (κ3) is 3.78. The molecule has 0 spiro atoms. The largest absolute Gasteiger partial charge is 0.312 e. The zero-order valence-corrected chi connectivity index (χ0v) is 17.7. The van der Waals surface area contributed by atoms with E-state index < -0.39 is 0 Å². The van der Waals surface area contributed by atoms with Gasteiger partial charge < -0.3 is 4.90 Å². The van der Waals surface area contributed by atoms with Gasteiger partial charge in [-0.2, -0.15) is 0 Å². The molecule has 0 saturated heterocycles. The van der Waals surface area contributed by atoms with Crippen LogP contribution >= 0.6 is 11.3 Å². The molecule has 0 radical (unpaired) electrons. The van der Waals surface area contributed by atoms with Crippen LogP contribution in [-0.4, -0.2) is 29.9 Å². The van der Waals surface area contributed by atoms with E-state index in [1.54, 1.807) is 21.9 Å². The van der Waals surface area contributed by atoms with Gasteiger partial charge in [-0.05, 0) is 30.2 Å². The van der Waals surface area contributed by atoms with Crippen LogP contribution in [0.5, 0.6) is 0 Å². The Morgan fingerprint density at radius 1 is 1.23 bits per heavy atom. The normalized spacial score (nSPS) is 12.5. The highest BCUT2D eigenvalue weighted by atomic mass is 32.1. The Morgan fingerprint density at radius 3 is 2.77 bits per heavy atom. The van der Waals surface area contributed by atoms with Gasteiger partial charge in [-0.1, -0.05) is 43.3 Å². The summed E-state index contributed by atoms with van der Waals surface area (Å²) in [5, 5.41) is 2.60. The molecular weight excluding hydrogens is 394 g/mol. The van der Waals surface area contributed by atoms with Crippen molar-refractivity contribution in [1.82, 2.24) is 4.98 Å². The Morgan fingerprint density at radius 2 is 2.03 bits per heavy atom. The third-order valence-corrected chi connectivity index (χ3v) is 6.04. The van der Waals surface area contributed by atoms with Crippen LogP contribution in [0, 0.1) is 0 Å². The standard InChI is InChI=1S/C24H23N3O2S/c1-3-13-27(24-25-20(16-30-24)17-8-6-5-7-9-17)23(29)19-10-11-21-18(15-19)12-14-26(21)22(28)4-2/h3,5-11,15-16H,1,4,12-14H2,2H3. The van der Waals surface area contributed by atoms with E-state index in [2.05, 4.69) is 11.6 Å². The minimum absolute atomic E-state index is 0.109. The number of aromatic nitrogens is 1. The van der Waals surface area contributed by atoms with E-state index >= 15 is 0 Å². The molecule has 1 aromatic heterocycles. The van der Waals surface area contributed by atoms with Gasteiger partial charge in [0.15, 0.2) is 5.13 Å². The molecule has 0 unspecified atom stereocenters. The first-order chi connectivity index (χ1) is 14.6. The summed E-state index contributed by atoms with van der Waals surface area (Å²) in [6, 6.07) is 15.5. The maximum absolute atomic E-state index is 13.3. The highest BCUT2D eigenvalue weighted by Gasteiger charge is 2.26. The van der Waals surface area contributed by atoms with Gasteiger partial charge in [0.2, 0.25) is 5.91 Å². The minimum atomic E-state index is -0.119. The molecule has 0 N–H and O–H groups in total. The van der Waals surface area contributed by atoms with Crippen molar-refractivity contribution in [2.75, 3.05) is 22.9 Å². The van der Waals surface area contributed by atoms with Crippen molar-refractivity contribution >= 4 is 34.0 Å². The second-order valence-electron chi connectivity index (χ2n) is 7.08. The molecule has 0 bridgehead atoms. The van der Waals surface area contributed by atoms with Crippen molar-refractivity contribution in [3.63, 3.8) is 0 Å². The first kappa shape index (κ1) is 20.0. The summed E-state index contributed by atoms with van der Waals surface area (Å²) in [6.07, 6.45) is 2.94. The number of carbonyl (C=O) groups is 2. The van der Waals surface area contributed by atoms with Gasteiger partial charge in [0.25, 0.3) is 5.91 Å². The summed E-state index contributed by atoms with van der Waals surface area (Å²) in [4.78, 5) is 33.6. The molecule has 30 heavy (non-hydrogen) atoms. The van der Waals surface area contributed by atoms with Gasteiger partial charge in [-0.25, -0.2) is 4.98 Å². The van der Waals surface area contributed by atoms with Crippen LogP contribution in [0.25, 0.3) is 11.3 Å². The average molecular weight is 418 g/mol. The second-order valence-corrected chi connectivity index (χ2v) is 7.91. The Bertz CT molecular complexity index is 1090. The van der Waals surface area contributed by atoms with Crippen LogP contribution in [0.3, 0.4) is 0 Å². The number of rotatable bonds is 6. The Kier molecular flexibility index (Phi) is 5.77. The Balaban J connectivity index is 1.61. The van der Waals surface area contributed by atoms with Gasteiger partial charge in [-0.3, -0.25) is 14.5 Å². The number of benzene rings is 2. The second kappa shape index (κ2) is 8.63. The summed E-state index contributed by atoms with van der Waals surface area (Å²) < 4.78 is 0. The van der Waals surface area contributed by atoms with Crippen LogP contribution in [0.15, 0.2) is 66.6 Å². The molecule has 0 fully saturated rings. The molecule has 1 aliphatic rings. The summed E-state index contributed by atoms with van der Waals surface area (Å²) in [5.41, 5.74) is 4.40. The van der Waals surface area contributed by atoms with E-state index in [4.69, 9.17) is 0 Å². The van der Waals surface area contributed by atoms with Crippen LogP contribution in [-0.2, 0) is 11.2 Å². The van der Waals surface area contributed by atoms with Crippen LogP contribution in [0.4, 0.5) is 10.8 Å². The van der Waals surface area contributed by atoms with Crippen molar-refractivity contribution in [2.45, 2.75) is 19.8 Å². The molecule has 6 heteroatoms. The van der Waals surface area contributed by atoms with Crippen molar-refractivity contribution in [3.05, 3.63) is 77.7 Å². The highest BCUT2D eigenvalue weighted by Crippen LogP contribution is 2.32. The van der Waals surface area contributed by atoms with Gasteiger partial charge in [0.1, 0.15) is 0 Å². The lowest BCUT2D eigenvalue weighted by atomic mass is 10.1.